The third kappa shape index (κ3) is 10.5. The van der Waals surface area contributed by atoms with Gasteiger partial charge < -0.3 is 44.0 Å². The number of halogens is 1. The van der Waals surface area contributed by atoms with Crippen LogP contribution in [-0.2, 0) is 39.7 Å². The molecule has 1 saturated carbocycles. The van der Waals surface area contributed by atoms with Gasteiger partial charge in [-0.05, 0) is 90.3 Å². The fraction of sp³-hybridized carbons (Fsp3) is 0.659. The van der Waals surface area contributed by atoms with Crippen LogP contribution in [0.2, 0.25) is 5.02 Å². The summed E-state index contributed by atoms with van der Waals surface area (Å²) in [6.45, 7) is 11.7. The molecule has 13 nitrogen and oxygen atoms in total. The Hall–Kier alpha value is -3.81. The summed E-state index contributed by atoms with van der Waals surface area (Å²) in [4.78, 5) is 54.6. The molecule has 304 valence electrons. The molecule has 7 atom stereocenters. The number of methoxy groups -OCH3 is 2. The molecular weight excluding hydrogens is 730 g/mol. The van der Waals surface area contributed by atoms with Crippen LogP contribution in [0.1, 0.15) is 85.6 Å². The second-order valence-corrected chi connectivity index (χ2v) is 17.0. The van der Waals surface area contributed by atoms with Crippen LogP contribution < -0.4 is 20.3 Å². The van der Waals surface area contributed by atoms with Crippen molar-refractivity contribution >= 4 is 41.4 Å². The van der Waals surface area contributed by atoms with Crippen LogP contribution in [0.4, 0.5) is 15.3 Å². The number of epoxide rings is 1. The van der Waals surface area contributed by atoms with Crippen molar-refractivity contribution in [2.75, 3.05) is 32.7 Å². The molecule has 0 aromatic heterocycles. The van der Waals surface area contributed by atoms with E-state index in [0.717, 1.165) is 24.0 Å². The number of esters is 1. The highest BCUT2D eigenvalue weighted by Gasteiger charge is 2.64. The Balaban J connectivity index is 1.40. The third-order valence-electron chi connectivity index (χ3n) is 11.2. The lowest BCUT2D eigenvalue weighted by Gasteiger charge is -2.36. The minimum atomic E-state index is -1.04. The van der Waals surface area contributed by atoms with Gasteiger partial charge in [-0.2, -0.15) is 0 Å². The average molecular weight is 788 g/mol. The first-order valence-electron chi connectivity index (χ1n) is 19.2. The minimum Gasteiger partial charge on any atom is -0.495 e. The number of carbonyl (C=O) groups excluding carboxylic acids is 4. The molecule has 5 unspecified atom stereocenters. The maximum absolute atomic E-state index is 14.2. The van der Waals surface area contributed by atoms with Crippen molar-refractivity contribution in [3.05, 3.63) is 46.5 Å². The van der Waals surface area contributed by atoms with Gasteiger partial charge in [-0.25, -0.2) is 9.59 Å². The Morgan fingerprint density at radius 2 is 1.84 bits per heavy atom. The topological polar surface area (TPSA) is 154 Å². The second kappa shape index (κ2) is 17.5. The summed E-state index contributed by atoms with van der Waals surface area (Å²) < 4.78 is 35.2. The lowest BCUT2D eigenvalue weighted by molar-refractivity contribution is -0.160. The standard InChI is InChI=1S/C41H58ClN3O10/c1-23-11-10-12-30(50-8)28-20-31(52-39(49)44-28)24(2)36-41(6,54-36)33(21-34(46)45(7)29-18-26(17-23)19-32(51-9)35(29)42)53-37(47)27-15-13-25(14-16-27)22-43-38(48)55-40(3,4)5/h10-12,18-19,24-25,27-28,30-31,33,36H,13-17,20-22H2,1-9H3,(H,43,48)(H,44,49)/b12-10+,23-11+/t24-,25?,27?,28?,30?,31?,33?,36?,41-/m1/s1. The number of benzene rings is 1. The van der Waals surface area contributed by atoms with E-state index in [2.05, 4.69) is 10.6 Å². The van der Waals surface area contributed by atoms with E-state index in [0.29, 0.717) is 43.7 Å². The first kappa shape index (κ1) is 42.3. The molecule has 5 rings (SSSR count). The number of alkyl carbamates (subject to hydrolysis) is 2. The van der Waals surface area contributed by atoms with Crippen LogP contribution in [0.15, 0.2) is 35.9 Å². The van der Waals surface area contributed by atoms with Crippen LogP contribution in [0.3, 0.4) is 0 Å². The summed E-state index contributed by atoms with van der Waals surface area (Å²) in [6.07, 6.45) is 5.83. The first-order valence-corrected chi connectivity index (χ1v) is 19.6. The summed E-state index contributed by atoms with van der Waals surface area (Å²) >= 11 is 6.80. The molecule has 3 amide bonds. The van der Waals surface area contributed by atoms with Gasteiger partial charge in [0.05, 0.1) is 43.4 Å². The number of rotatable bonds is 6. The summed E-state index contributed by atoms with van der Waals surface area (Å²) in [5, 5.41) is 6.03. The fourth-order valence-corrected chi connectivity index (χ4v) is 8.25. The quantitative estimate of drug-likeness (QED) is 0.181. The Morgan fingerprint density at radius 3 is 2.49 bits per heavy atom. The van der Waals surface area contributed by atoms with Crippen LogP contribution >= 0.6 is 11.6 Å². The van der Waals surface area contributed by atoms with Gasteiger partial charge in [-0.3, -0.25) is 9.59 Å². The SMILES string of the molecule is COc1cc2cc(c1Cl)N(C)C(=O)CC(OC(=O)C1CCC(CNC(=O)OC(C)(C)C)CC1)[C@@]1(C)OC1[C@H](C)C1CC(NC(=O)O1)C(OC)/C=C/C=C(\C)C2. The zero-order valence-electron chi connectivity index (χ0n) is 33.6. The number of nitrogens with one attached hydrogen (secondary N) is 2. The van der Waals surface area contributed by atoms with Crippen molar-refractivity contribution in [1.82, 2.24) is 10.6 Å². The van der Waals surface area contributed by atoms with Gasteiger partial charge >= 0.3 is 18.2 Å². The molecule has 0 spiro atoms. The summed E-state index contributed by atoms with van der Waals surface area (Å²) in [7, 11) is 4.77. The lowest BCUT2D eigenvalue weighted by atomic mass is 9.81. The maximum atomic E-state index is 14.2. The maximum Gasteiger partial charge on any atom is 0.407 e. The van der Waals surface area contributed by atoms with E-state index in [1.807, 2.05) is 71.9 Å². The van der Waals surface area contributed by atoms with Crippen LogP contribution in [0.25, 0.3) is 0 Å². The Labute approximate surface area is 329 Å². The average Bonchev–Trinajstić information content (AvgIpc) is 3.83. The van der Waals surface area contributed by atoms with E-state index < -0.39 is 53.8 Å². The van der Waals surface area contributed by atoms with Crippen molar-refractivity contribution in [2.24, 2.45) is 17.8 Å². The van der Waals surface area contributed by atoms with E-state index in [4.69, 9.17) is 40.0 Å². The van der Waals surface area contributed by atoms with Gasteiger partial charge in [0, 0.05) is 33.0 Å². The summed E-state index contributed by atoms with van der Waals surface area (Å²) in [5.41, 5.74) is 0.741. The number of allylic oxidation sites excluding steroid dienone is 3. The monoisotopic (exact) mass is 787 g/mol. The number of hydrogen-bond acceptors (Lipinski definition) is 10. The van der Waals surface area contributed by atoms with E-state index in [1.54, 1.807) is 14.2 Å². The highest BCUT2D eigenvalue weighted by atomic mass is 35.5. The van der Waals surface area contributed by atoms with Crippen molar-refractivity contribution in [1.29, 1.82) is 0 Å². The summed E-state index contributed by atoms with van der Waals surface area (Å²) in [6, 6.07) is 3.35. The van der Waals surface area contributed by atoms with Crippen molar-refractivity contribution in [2.45, 2.75) is 128 Å². The molecule has 55 heavy (non-hydrogen) atoms. The second-order valence-electron chi connectivity index (χ2n) is 16.6. The Morgan fingerprint density at radius 1 is 1.13 bits per heavy atom. The Bertz CT molecular complexity index is 1650. The number of amides is 3. The van der Waals surface area contributed by atoms with E-state index in [-0.39, 0.29) is 41.1 Å². The number of anilines is 1. The van der Waals surface area contributed by atoms with Gasteiger partial charge in [0.25, 0.3) is 0 Å². The molecule has 4 aliphatic rings. The first-order chi connectivity index (χ1) is 25.9. The van der Waals surface area contributed by atoms with E-state index >= 15 is 0 Å². The molecule has 1 aromatic rings. The zero-order valence-corrected chi connectivity index (χ0v) is 34.3. The molecule has 0 radical (unpaired) electrons. The number of hydrogen-bond donors (Lipinski definition) is 2. The number of ether oxygens (including phenoxy) is 6. The molecule has 3 fully saturated rings. The molecule has 14 heteroatoms. The molecule has 3 heterocycles. The Kier molecular flexibility index (Phi) is 13.5. The zero-order chi connectivity index (χ0) is 40.2. The normalized spacial score (nSPS) is 33.1. The number of fused-ring (bicyclic) bond motifs is 5. The van der Waals surface area contributed by atoms with Crippen LogP contribution in [0, 0.1) is 17.8 Å². The smallest absolute Gasteiger partial charge is 0.407 e. The van der Waals surface area contributed by atoms with Crippen LogP contribution in [0.5, 0.6) is 5.75 Å². The van der Waals surface area contributed by atoms with Gasteiger partial charge in [0.2, 0.25) is 5.91 Å². The molecule has 1 aliphatic carbocycles. The van der Waals surface area contributed by atoms with Crippen molar-refractivity contribution in [3.63, 3.8) is 0 Å². The van der Waals surface area contributed by atoms with Crippen molar-refractivity contribution < 1.29 is 47.6 Å². The molecule has 2 N–H and O–H groups in total. The predicted octanol–water partition coefficient (Wildman–Crippen LogP) is 6.68. The predicted molar refractivity (Wildman–Crippen MR) is 207 cm³/mol. The molecule has 1 aromatic carbocycles. The highest BCUT2D eigenvalue weighted by molar-refractivity contribution is 6.35. The molecule has 3 aliphatic heterocycles. The highest BCUT2D eigenvalue weighted by Crippen LogP contribution is 2.49. The molecule has 4 bridgehead atoms. The van der Waals surface area contributed by atoms with Crippen molar-refractivity contribution in [3.8, 4) is 5.75 Å². The molecular formula is C41H58ClN3O10. The van der Waals surface area contributed by atoms with E-state index in [1.165, 1.54) is 12.0 Å². The van der Waals surface area contributed by atoms with Gasteiger partial charge in [0.1, 0.15) is 34.2 Å². The largest absolute Gasteiger partial charge is 0.495 e. The molecule has 2 saturated heterocycles. The third-order valence-corrected chi connectivity index (χ3v) is 11.6. The van der Waals surface area contributed by atoms with Gasteiger partial charge in [-0.15, -0.1) is 0 Å². The number of carbonyl (C=O) groups is 4. The summed E-state index contributed by atoms with van der Waals surface area (Å²) in [5.74, 6) is -0.782. The van der Waals surface area contributed by atoms with Gasteiger partial charge in [-0.1, -0.05) is 42.3 Å². The fourth-order valence-electron chi connectivity index (χ4n) is 7.93. The minimum absolute atomic E-state index is 0.177. The lowest BCUT2D eigenvalue weighted by Crippen LogP contribution is -2.53. The van der Waals surface area contributed by atoms with E-state index in [9.17, 15) is 19.2 Å². The number of nitrogens with zero attached hydrogens (tertiary/aromatic N) is 1. The van der Waals surface area contributed by atoms with Crippen LogP contribution in [-0.4, -0.2) is 93.5 Å². The van der Waals surface area contributed by atoms with Gasteiger partial charge in [0.15, 0.2) is 0 Å².